The van der Waals surface area contributed by atoms with Gasteiger partial charge in [0.2, 0.25) is 0 Å². The Morgan fingerprint density at radius 3 is 1.61 bits per heavy atom. The topological polar surface area (TPSA) is 0 Å². The van der Waals surface area contributed by atoms with E-state index in [4.69, 9.17) is 23.2 Å². The fourth-order valence-corrected chi connectivity index (χ4v) is 6.67. The van der Waals surface area contributed by atoms with Crippen LogP contribution in [0, 0.1) is 5.92 Å². The first-order valence-corrected chi connectivity index (χ1v) is 12.5. The van der Waals surface area contributed by atoms with E-state index >= 15 is 0 Å². The summed E-state index contributed by atoms with van der Waals surface area (Å²) in [6, 6.07) is 0. The van der Waals surface area contributed by atoms with E-state index in [-0.39, 0.29) is 9.58 Å². The SMILES string of the molecule is CCCCCCC(CCCCCC)C(SSC(C)(C)C)C(Cl)Cl. The lowest BCUT2D eigenvalue weighted by Crippen LogP contribution is -2.24. The molecule has 0 rings (SSSR count). The van der Waals surface area contributed by atoms with Crippen LogP contribution in [0.15, 0.2) is 0 Å². The summed E-state index contributed by atoms with van der Waals surface area (Å²) in [7, 11) is 3.86. The molecule has 0 bridgehead atoms. The Labute approximate surface area is 164 Å². The Kier molecular flexibility index (Phi) is 15.3. The summed E-state index contributed by atoms with van der Waals surface area (Å²) < 4.78 is 0.251. The molecule has 0 aliphatic rings. The molecule has 0 heterocycles. The van der Waals surface area contributed by atoms with Crippen LogP contribution in [0.3, 0.4) is 0 Å². The molecular formula is C19H38Cl2S2. The maximum absolute atomic E-state index is 6.38. The third kappa shape index (κ3) is 14.2. The summed E-state index contributed by atoms with van der Waals surface area (Å²) in [6.45, 7) is 11.3. The van der Waals surface area contributed by atoms with Crippen molar-refractivity contribution in [3.63, 3.8) is 0 Å². The van der Waals surface area contributed by atoms with Gasteiger partial charge in [0, 0.05) is 10.00 Å². The largest absolute Gasteiger partial charge is 0.120 e. The first-order valence-electron chi connectivity index (χ1n) is 9.44. The van der Waals surface area contributed by atoms with Crippen LogP contribution >= 0.6 is 44.8 Å². The van der Waals surface area contributed by atoms with E-state index in [0.29, 0.717) is 11.2 Å². The van der Waals surface area contributed by atoms with E-state index < -0.39 is 0 Å². The maximum atomic E-state index is 6.38. The van der Waals surface area contributed by atoms with Crippen LogP contribution in [0.2, 0.25) is 0 Å². The molecule has 4 heteroatoms. The van der Waals surface area contributed by atoms with Crippen molar-refractivity contribution in [3.05, 3.63) is 0 Å². The Morgan fingerprint density at radius 2 is 1.26 bits per heavy atom. The van der Waals surface area contributed by atoms with Gasteiger partial charge >= 0.3 is 0 Å². The highest BCUT2D eigenvalue weighted by molar-refractivity contribution is 8.77. The lowest BCUT2D eigenvalue weighted by Gasteiger charge is -2.30. The first-order chi connectivity index (χ1) is 10.8. The maximum Gasteiger partial charge on any atom is 0.120 e. The summed E-state index contributed by atoms with van der Waals surface area (Å²) in [6.07, 6.45) is 13.2. The molecule has 0 aliphatic carbocycles. The van der Waals surface area contributed by atoms with Crippen LogP contribution in [-0.4, -0.2) is 14.8 Å². The van der Waals surface area contributed by atoms with E-state index in [1.54, 1.807) is 0 Å². The molecule has 0 radical (unpaired) electrons. The minimum atomic E-state index is -0.266. The van der Waals surface area contributed by atoms with Crippen LogP contribution in [0.4, 0.5) is 0 Å². The average molecular weight is 402 g/mol. The number of rotatable bonds is 14. The molecule has 1 unspecified atom stereocenters. The molecule has 0 aromatic heterocycles. The fraction of sp³-hybridized carbons (Fsp3) is 1.00. The standard InChI is InChI=1S/C19H38Cl2S2/c1-6-8-10-12-14-16(15-13-11-9-7-2)17(18(20)21)22-23-19(3,4)5/h16-18H,6-15H2,1-5H3. The highest BCUT2D eigenvalue weighted by Crippen LogP contribution is 2.45. The van der Waals surface area contributed by atoms with Crippen molar-refractivity contribution in [1.29, 1.82) is 0 Å². The summed E-state index contributed by atoms with van der Waals surface area (Å²) >= 11 is 12.8. The molecule has 23 heavy (non-hydrogen) atoms. The average Bonchev–Trinajstić information content (AvgIpc) is 2.45. The summed E-state index contributed by atoms with van der Waals surface area (Å²) in [5, 5.41) is 0.353. The Balaban J connectivity index is 4.57. The third-order valence-corrected chi connectivity index (χ3v) is 8.75. The van der Waals surface area contributed by atoms with Gasteiger partial charge in [-0.05, 0) is 18.8 Å². The van der Waals surface area contributed by atoms with Crippen LogP contribution in [-0.2, 0) is 0 Å². The van der Waals surface area contributed by atoms with Crippen LogP contribution in [0.1, 0.15) is 98.8 Å². The Morgan fingerprint density at radius 1 is 0.783 bits per heavy atom. The van der Waals surface area contributed by atoms with Crippen molar-refractivity contribution in [3.8, 4) is 0 Å². The molecule has 0 aliphatic heterocycles. The highest BCUT2D eigenvalue weighted by Gasteiger charge is 2.29. The van der Waals surface area contributed by atoms with Crippen LogP contribution < -0.4 is 0 Å². The molecule has 0 fully saturated rings. The molecule has 0 N–H and O–H groups in total. The first kappa shape index (κ1) is 24.3. The molecule has 0 aromatic carbocycles. The van der Waals surface area contributed by atoms with Gasteiger partial charge in [0.1, 0.15) is 4.84 Å². The number of unbranched alkanes of at least 4 members (excludes halogenated alkanes) is 6. The normalized spacial score (nSPS) is 14.0. The lowest BCUT2D eigenvalue weighted by molar-refractivity contribution is 0.401. The molecule has 0 aromatic rings. The molecule has 1 atom stereocenters. The molecule has 0 saturated heterocycles. The minimum absolute atomic E-state index is 0.251. The second kappa shape index (κ2) is 14.4. The van der Waals surface area contributed by atoms with E-state index in [9.17, 15) is 0 Å². The molecule has 0 nitrogen and oxygen atoms in total. The molecule has 0 saturated carbocycles. The van der Waals surface area contributed by atoms with Crippen molar-refractivity contribution in [2.24, 2.45) is 5.92 Å². The zero-order chi connectivity index (χ0) is 17.7. The van der Waals surface area contributed by atoms with Gasteiger partial charge in [0.25, 0.3) is 0 Å². The third-order valence-electron chi connectivity index (χ3n) is 3.98. The van der Waals surface area contributed by atoms with Gasteiger partial charge in [-0.15, -0.1) is 23.2 Å². The summed E-state index contributed by atoms with van der Waals surface area (Å²) in [5.74, 6) is 0.656. The van der Waals surface area contributed by atoms with Gasteiger partial charge in [-0.2, -0.15) is 0 Å². The number of halogens is 2. The van der Waals surface area contributed by atoms with Gasteiger partial charge in [-0.1, -0.05) is 108 Å². The highest BCUT2D eigenvalue weighted by atomic mass is 35.5. The van der Waals surface area contributed by atoms with Crippen LogP contribution in [0.5, 0.6) is 0 Å². The second-order valence-electron chi connectivity index (χ2n) is 7.55. The number of hydrogen-bond donors (Lipinski definition) is 0. The predicted molar refractivity (Wildman–Crippen MR) is 115 cm³/mol. The molecular weight excluding hydrogens is 363 g/mol. The second-order valence-corrected chi connectivity index (χ2v) is 11.9. The smallest absolute Gasteiger partial charge is 0.104 e. The van der Waals surface area contributed by atoms with E-state index in [1.807, 2.05) is 21.6 Å². The van der Waals surface area contributed by atoms with Crippen molar-refractivity contribution in [2.75, 3.05) is 0 Å². The quantitative estimate of drug-likeness (QED) is 0.162. The molecule has 140 valence electrons. The predicted octanol–water partition coefficient (Wildman–Crippen LogP) is 8.90. The van der Waals surface area contributed by atoms with E-state index in [1.165, 1.54) is 64.2 Å². The van der Waals surface area contributed by atoms with Gasteiger partial charge in [-0.25, -0.2) is 0 Å². The minimum Gasteiger partial charge on any atom is -0.104 e. The number of hydrogen-bond acceptors (Lipinski definition) is 2. The van der Waals surface area contributed by atoms with Gasteiger partial charge in [-0.3, -0.25) is 0 Å². The Bertz CT molecular complexity index is 253. The van der Waals surface area contributed by atoms with Gasteiger partial charge in [0.15, 0.2) is 0 Å². The summed E-state index contributed by atoms with van der Waals surface area (Å²) in [5.41, 5.74) is 0. The van der Waals surface area contributed by atoms with Crippen molar-refractivity contribution >= 4 is 44.8 Å². The lowest BCUT2D eigenvalue weighted by atomic mass is 9.92. The monoisotopic (exact) mass is 400 g/mol. The van der Waals surface area contributed by atoms with Crippen LogP contribution in [0.25, 0.3) is 0 Å². The van der Waals surface area contributed by atoms with Crippen molar-refractivity contribution < 1.29 is 0 Å². The molecule has 0 amide bonds. The fourth-order valence-electron chi connectivity index (χ4n) is 2.67. The zero-order valence-corrected chi connectivity index (χ0v) is 19.0. The van der Waals surface area contributed by atoms with Crippen molar-refractivity contribution in [2.45, 2.75) is 114 Å². The van der Waals surface area contributed by atoms with E-state index in [0.717, 1.165) is 0 Å². The van der Waals surface area contributed by atoms with Gasteiger partial charge in [0.05, 0.1) is 0 Å². The summed E-state index contributed by atoms with van der Waals surface area (Å²) in [4.78, 5) is -0.266. The van der Waals surface area contributed by atoms with E-state index in [2.05, 4.69) is 34.6 Å². The molecule has 0 spiro atoms. The number of alkyl halides is 2. The zero-order valence-electron chi connectivity index (χ0n) is 15.9. The van der Waals surface area contributed by atoms with Crippen molar-refractivity contribution in [1.82, 2.24) is 0 Å². The Hall–Kier alpha value is 1.28. The van der Waals surface area contributed by atoms with Gasteiger partial charge < -0.3 is 0 Å².